The van der Waals surface area contributed by atoms with E-state index in [0.29, 0.717) is 13.1 Å². The van der Waals surface area contributed by atoms with Crippen LogP contribution in [0.1, 0.15) is 6.92 Å². The number of hydrogen-bond donors (Lipinski definition) is 2. The van der Waals surface area contributed by atoms with Gasteiger partial charge in [-0.1, -0.05) is 0 Å². The van der Waals surface area contributed by atoms with Crippen molar-refractivity contribution < 1.29 is 9.84 Å². The highest BCUT2D eigenvalue weighted by molar-refractivity contribution is 5.13. The third-order valence-electron chi connectivity index (χ3n) is 2.35. The Kier molecular flexibility index (Phi) is 2.69. The first kappa shape index (κ1) is 9.48. The zero-order chi connectivity index (χ0) is 9.97. The van der Waals surface area contributed by atoms with E-state index >= 15 is 0 Å². The van der Waals surface area contributed by atoms with Crippen LogP contribution in [-0.4, -0.2) is 40.2 Å². The number of nitrogens with zero attached hydrogens (tertiary/aromatic N) is 2. The Balaban J connectivity index is 1.96. The van der Waals surface area contributed by atoms with Gasteiger partial charge in [-0.25, -0.2) is 0 Å². The Hall–Kier alpha value is -1.07. The van der Waals surface area contributed by atoms with Crippen molar-refractivity contribution in [1.82, 2.24) is 15.1 Å². The molecule has 1 saturated heterocycles. The summed E-state index contributed by atoms with van der Waals surface area (Å²) in [5.74, 6) is 0.722. The molecule has 0 radical (unpaired) electrons. The van der Waals surface area contributed by atoms with Crippen LogP contribution in [0.15, 0.2) is 12.4 Å². The molecule has 1 aliphatic rings. The average Bonchev–Trinajstić information content (AvgIpc) is 2.77. The van der Waals surface area contributed by atoms with E-state index in [1.807, 2.05) is 13.1 Å². The molecule has 2 unspecified atom stereocenters. The summed E-state index contributed by atoms with van der Waals surface area (Å²) in [6, 6.07) is 0. The standard InChI is InChI=1S/C9H15N3O2/c1-2-12-6-7(3-11-12)14-9-5-10-4-8(9)13/h3,6,8-10,13H,2,4-5H2,1H3. The van der Waals surface area contributed by atoms with E-state index in [1.165, 1.54) is 0 Å². The number of β-amino-alcohol motifs (C(OH)–C–C–N with tert-alkyl or cyclic N) is 1. The summed E-state index contributed by atoms with van der Waals surface area (Å²) in [4.78, 5) is 0. The number of hydrogen-bond acceptors (Lipinski definition) is 4. The lowest BCUT2D eigenvalue weighted by molar-refractivity contribution is 0.0737. The van der Waals surface area contributed by atoms with Crippen molar-refractivity contribution in [2.45, 2.75) is 25.7 Å². The van der Waals surface area contributed by atoms with E-state index in [2.05, 4.69) is 10.4 Å². The zero-order valence-electron chi connectivity index (χ0n) is 8.18. The molecule has 0 spiro atoms. The highest BCUT2D eigenvalue weighted by atomic mass is 16.5. The molecule has 0 bridgehead atoms. The molecule has 0 aliphatic carbocycles. The van der Waals surface area contributed by atoms with Crippen LogP contribution in [0, 0.1) is 0 Å². The van der Waals surface area contributed by atoms with Gasteiger partial charge in [0.15, 0.2) is 5.75 Å². The van der Waals surface area contributed by atoms with Crippen molar-refractivity contribution in [1.29, 1.82) is 0 Å². The van der Waals surface area contributed by atoms with Gasteiger partial charge in [-0.3, -0.25) is 4.68 Å². The summed E-state index contributed by atoms with van der Waals surface area (Å²) in [6.07, 6.45) is 2.95. The van der Waals surface area contributed by atoms with Gasteiger partial charge >= 0.3 is 0 Å². The van der Waals surface area contributed by atoms with Crippen LogP contribution in [0.4, 0.5) is 0 Å². The average molecular weight is 197 g/mol. The first-order valence-corrected chi connectivity index (χ1v) is 4.87. The second-order valence-corrected chi connectivity index (χ2v) is 3.41. The van der Waals surface area contributed by atoms with E-state index in [4.69, 9.17) is 4.74 Å². The predicted molar refractivity (Wildman–Crippen MR) is 51.2 cm³/mol. The number of nitrogens with one attached hydrogen (secondary N) is 1. The molecule has 0 saturated carbocycles. The molecule has 78 valence electrons. The van der Waals surface area contributed by atoms with Gasteiger partial charge in [0, 0.05) is 19.6 Å². The summed E-state index contributed by atoms with van der Waals surface area (Å²) in [6.45, 7) is 4.14. The molecule has 0 aromatic carbocycles. The van der Waals surface area contributed by atoms with Crippen molar-refractivity contribution >= 4 is 0 Å². The highest BCUT2D eigenvalue weighted by Gasteiger charge is 2.26. The Morgan fingerprint density at radius 2 is 2.57 bits per heavy atom. The van der Waals surface area contributed by atoms with Gasteiger partial charge in [0.05, 0.1) is 12.4 Å². The fraction of sp³-hybridized carbons (Fsp3) is 0.667. The van der Waals surface area contributed by atoms with Gasteiger partial charge in [-0.05, 0) is 6.92 Å². The molecule has 1 aliphatic heterocycles. The molecule has 5 heteroatoms. The van der Waals surface area contributed by atoms with Crippen LogP contribution in [0.3, 0.4) is 0 Å². The minimum Gasteiger partial charge on any atom is -0.483 e. The van der Waals surface area contributed by atoms with E-state index in [0.717, 1.165) is 12.3 Å². The second-order valence-electron chi connectivity index (χ2n) is 3.41. The zero-order valence-corrected chi connectivity index (χ0v) is 8.18. The Labute approximate surface area is 82.7 Å². The van der Waals surface area contributed by atoms with Crippen LogP contribution in [0.5, 0.6) is 5.75 Å². The van der Waals surface area contributed by atoms with Gasteiger partial charge in [-0.15, -0.1) is 0 Å². The minimum absolute atomic E-state index is 0.149. The SMILES string of the molecule is CCn1cc(OC2CNCC2O)cn1. The molecule has 2 rings (SSSR count). The molecule has 2 atom stereocenters. The molecular formula is C9H15N3O2. The number of aliphatic hydroxyl groups is 1. The fourth-order valence-corrected chi connectivity index (χ4v) is 1.51. The van der Waals surface area contributed by atoms with E-state index in [1.54, 1.807) is 10.9 Å². The molecule has 0 amide bonds. The maximum atomic E-state index is 9.50. The Bertz CT molecular complexity index is 300. The minimum atomic E-state index is -0.417. The fourth-order valence-electron chi connectivity index (χ4n) is 1.51. The topological polar surface area (TPSA) is 59.3 Å². The molecule has 2 N–H and O–H groups in total. The Morgan fingerprint density at radius 1 is 1.71 bits per heavy atom. The lowest BCUT2D eigenvalue weighted by Crippen LogP contribution is -2.29. The lowest BCUT2D eigenvalue weighted by Gasteiger charge is -2.13. The van der Waals surface area contributed by atoms with Gasteiger partial charge < -0.3 is 15.2 Å². The maximum absolute atomic E-state index is 9.50. The molecule has 5 nitrogen and oxygen atoms in total. The number of aromatic nitrogens is 2. The smallest absolute Gasteiger partial charge is 0.157 e. The second kappa shape index (κ2) is 3.98. The normalized spacial score (nSPS) is 26.7. The van der Waals surface area contributed by atoms with Crippen molar-refractivity contribution in [3.05, 3.63) is 12.4 Å². The number of aliphatic hydroxyl groups excluding tert-OH is 1. The lowest BCUT2D eigenvalue weighted by atomic mass is 10.3. The molecule has 1 aromatic heterocycles. The van der Waals surface area contributed by atoms with Crippen molar-refractivity contribution in [2.24, 2.45) is 0 Å². The highest BCUT2D eigenvalue weighted by Crippen LogP contribution is 2.13. The van der Waals surface area contributed by atoms with Crippen molar-refractivity contribution in [3.8, 4) is 5.75 Å². The van der Waals surface area contributed by atoms with Gasteiger partial charge in [-0.2, -0.15) is 5.10 Å². The van der Waals surface area contributed by atoms with E-state index in [9.17, 15) is 5.11 Å². The summed E-state index contributed by atoms with van der Waals surface area (Å²) in [5.41, 5.74) is 0. The quantitative estimate of drug-likeness (QED) is 0.693. The summed E-state index contributed by atoms with van der Waals surface area (Å²) < 4.78 is 7.37. The summed E-state index contributed by atoms with van der Waals surface area (Å²) in [7, 11) is 0. The molecule has 1 aromatic rings. The van der Waals surface area contributed by atoms with Crippen LogP contribution in [0.2, 0.25) is 0 Å². The van der Waals surface area contributed by atoms with Crippen LogP contribution >= 0.6 is 0 Å². The Morgan fingerprint density at radius 3 is 3.14 bits per heavy atom. The largest absolute Gasteiger partial charge is 0.483 e. The van der Waals surface area contributed by atoms with Crippen molar-refractivity contribution in [2.75, 3.05) is 13.1 Å². The van der Waals surface area contributed by atoms with E-state index in [-0.39, 0.29) is 6.10 Å². The number of rotatable bonds is 3. The third kappa shape index (κ3) is 1.88. The van der Waals surface area contributed by atoms with Gasteiger partial charge in [0.1, 0.15) is 12.2 Å². The van der Waals surface area contributed by atoms with Crippen molar-refractivity contribution in [3.63, 3.8) is 0 Å². The number of ether oxygens (including phenoxy) is 1. The third-order valence-corrected chi connectivity index (χ3v) is 2.35. The molecular weight excluding hydrogens is 182 g/mol. The maximum Gasteiger partial charge on any atom is 0.157 e. The first-order valence-electron chi connectivity index (χ1n) is 4.87. The summed E-state index contributed by atoms with van der Waals surface area (Å²) in [5, 5.41) is 16.7. The van der Waals surface area contributed by atoms with Gasteiger partial charge in [0.25, 0.3) is 0 Å². The monoisotopic (exact) mass is 197 g/mol. The predicted octanol–water partition coefficient (Wildman–Crippen LogP) is -0.386. The molecule has 14 heavy (non-hydrogen) atoms. The van der Waals surface area contributed by atoms with Gasteiger partial charge in [0.2, 0.25) is 0 Å². The van der Waals surface area contributed by atoms with Crippen LogP contribution in [0.25, 0.3) is 0 Å². The van der Waals surface area contributed by atoms with Crippen LogP contribution in [-0.2, 0) is 6.54 Å². The summed E-state index contributed by atoms with van der Waals surface area (Å²) >= 11 is 0. The molecule has 1 fully saturated rings. The number of aryl methyl sites for hydroxylation is 1. The van der Waals surface area contributed by atoms with E-state index < -0.39 is 6.10 Å². The van der Waals surface area contributed by atoms with Crippen LogP contribution < -0.4 is 10.1 Å². The first-order chi connectivity index (χ1) is 6.79. The molecule has 2 heterocycles.